The molecule has 1 aliphatic carbocycles. The number of imidazole rings is 1. The molecule has 5 N–H and O–H groups in total. The molecule has 2 unspecified atom stereocenters. The zero-order chi connectivity index (χ0) is 32.2. The highest BCUT2D eigenvalue weighted by Crippen LogP contribution is 2.32. The lowest BCUT2D eigenvalue weighted by Crippen LogP contribution is -2.49. The minimum absolute atomic E-state index is 0.0654. The fourth-order valence-electron chi connectivity index (χ4n) is 6.79. The standard InChI is InChI=1S/C33H44FN9O3/c1-20-11-12-22(32(44)39-23-7-4-3-5-8-23)18-43(20)29-15-27(37-21(2)38-29)28-17-36-31(40-28)33(45)41-26-10-6-9-25(34)30(26)42-13-14-46-24(16-35)19-42/h6,9-10,15,17,20,22-24H,3-5,7-8,11-14,16,18-19,35H2,1-2H3,(H,36,40)(H,39,44)(H,41,45)/t20?,22?,24-/m1/s1. The van der Waals surface area contributed by atoms with Crippen LogP contribution in [0.5, 0.6) is 0 Å². The number of para-hydroxylation sites is 1. The number of rotatable bonds is 8. The van der Waals surface area contributed by atoms with Crippen molar-refractivity contribution in [2.45, 2.75) is 77.0 Å². The van der Waals surface area contributed by atoms with Gasteiger partial charge >= 0.3 is 0 Å². The van der Waals surface area contributed by atoms with E-state index in [2.05, 4.69) is 37.4 Å². The maximum atomic E-state index is 15.0. The molecule has 4 heterocycles. The average molecular weight is 634 g/mol. The summed E-state index contributed by atoms with van der Waals surface area (Å²) in [5, 5.41) is 6.12. The number of H-pyrrole nitrogens is 1. The van der Waals surface area contributed by atoms with E-state index in [1.165, 1.54) is 25.3 Å². The summed E-state index contributed by atoms with van der Waals surface area (Å²) in [7, 11) is 0. The van der Waals surface area contributed by atoms with Gasteiger partial charge in [0, 0.05) is 44.3 Å². The van der Waals surface area contributed by atoms with E-state index in [1.54, 1.807) is 18.3 Å². The molecule has 12 nitrogen and oxygen atoms in total. The van der Waals surface area contributed by atoms with Gasteiger partial charge in [0.05, 0.1) is 47.6 Å². The molecule has 3 fully saturated rings. The molecule has 1 saturated carbocycles. The number of hydrogen-bond donors (Lipinski definition) is 4. The smallest absolute Gasteiger partial charge is 0.291 e. The highest BCUT2D eigenvalue weighted by Gasteiger charge is 2.32. The van der Waals surface area contributed by atoms with Crippen molar-refractivity contribution >= 4 is 29.0 Å². The number of amides is 2. The van der Waals surface area contributed by atoms with Gasteiger partial charge in [-0.25, -0.2) is 19.3 Å². The molecular formula is C33H44FN9O3. The summed E-state index contributed by atoms with van der Waals surface area (Å²) in [5.41, 5.74) is 7.55. The second kappa shape index (κ2) is 14.1. The van der Waals surface area contributed by atoms with Crippen molar-refractivity contribution in [3.8, 4) is 11.4 Å². The Bertz CT molecular complexity index is 1540. The van der Waals surface area contributed by atoms with Crippen molar-refractivity contribution in [2.24, 2.45) is 11.7 Å². The second-order valence-electron chi connectivity index (χ2n) is 12.7. The van der Waals surface area contributed by atoms with Crippen molar-refractivity contribution in [3.05, 3.63) is 47.9 Å². The molecule has 2 aliphatic heterocycles. The van der Waals surface area contributed by atoms with Gasteiger partial charge in [-0.05, 0) is 51.7 Å². The van der Waals surface area contributed by atoms with Crippen LogP contribution in [-0.4, -0.2) is 82.7 Å². The van der Waals surface area contributed by atoms with Gasteiger partial charge in [0.2, 0.25) is 5.91 Å². The number of benzene rings is 1. The number of nitrogens with two attached hydrogens (primary N) is 1. The van der Waals surface area contributed by atoms with Crippen LogP contribution < -0.4 is 26.2 Å². The summed E-state index contributed by atoms with van der Waals surface area (Å²) >= 11 is 0. The molecule has 3 atom stereocenters. The van der Waals surface area contributed by atoms with Gasteiger partial charge in [0.15, 0.2) is 5.82 Å². The number of halogens is 1. The van der Waals surface area contributed by atoms with Gasteiger partial charge < -0.3 is 35.9 Å². The van der Waals surface area contributed by atoms with Gasteiger partial charge in [-0.15, -0.1) is 0 Å². The Labute approximate surface area is 268 Å². The van der Waals surface area contributed by atoms with Gasteiger partial charge in [-0.3, -0.25) is 9.59 Å². The van der Waals surface area contributed by atoms with Crippen LogP contribution in [0.1, 0.15) is 68.3 Å². The minimum Gasteiger partial charge on any atom is -0.373 e. The third kappa shape index (κ3) is 7.15. The predicted molar refractivity (Wildman–Crippen MR) is 174 cm³/mol. The molecule has 13 heteroatoms. The zero-order valence-electron chi connectivity index (χ0n) is 26.6. The Morgan fingerprint density at radius 3 is 2.76 bits per heavy atom. The quantitative estimate of drug-likeness (QED) is 0.290. The SMILES string of the molecule is Cc1nc(-c2cnc(C(=O)Nc3cccc(F)c3N3CCO[C@H](CN)C3)[nH]2)cc(N2CC(C(=O)NC3CCCCC3)CCC2C)n1. The van der Waals surface area contributed by atoms with Crippen LogP contribution >= 0.6 is 0 Å². The monoisotopic (exact) mass is 633 g/mol. The number of anilines is 3. The highest BCUT2D eigenvalue weighted by atomic mass is 19.1. The number of nitrogens with one attached hydrogen (secondary N) is 3. The summed E-state index contributed by atoms with van der Waals surface area (Å²) in [5.74, 6) is 0.440. The molecular weight excluding hydrogens is 589 g/mol. The molecule has 0 bridgehead atoms. The molecule has 46 heavy (non-hydrogen) atoms. The molecule has 3 aliphatic rings. The first-order valence-electron chi connectivity index (χ1n) is 16.4. The number of carbonyl (C=O) groups is 2. The number of aromatic amines is 1. The lowest BCUT2D eigenvalue weighted by molar-refractivity contribution is -0.126. The van der Waals surface area contributed by atoms with E-state index in [-0.39, 0.29) is 35.8 Å². The molecule has 6 rings (SSSR count). The van der Waals surface area contributed by atoms with Crippen molar-refractivity contribution in [1.29, 1.82) is 0 Å². The van der Waals surface area contributed by atoms with Crippen molar-refractivity contribution in [3.63, 3.8) is 0 Å². The van der Waals surface area contributed by atoms with E-state index in [1.807, 2.05) is 17.9 Å². The van der Waals surface area contributed by atoms with E-state index >= 15 is 4.39 Å². The third-order valence-corrected chi connectivity index (χ3v) is 9.34. The van der Waals surface area contributed by atoms with Crippen LogP contribution in [0.4, 0.5) is 21.6 Å². The average Bonchev–Trinajstić information content (AvgIpc) is 3.56. The molecule has 2 saturated heterocycles. The molecule has 0 spiro atoms. The van der Waals surface area contributed by atoms with Crippen molar-refractivity contribution in [2.75, 3.05) is 47.9 Å². The first kappa shape index (κ1) is 31.9. The molecule has 3 aromatic rings. The molecule has 2 amide bonds. The Balaban J connectivity index is 1.17. The van der Waals surface area contributed by atoms with Crippen molar-refractivity contribution in [1.82, 2.24) is 25.3 Å². The zero-order valence-corrected chi connectivity index (χ0v) is 26.6. The topological polar surface area (TPSA) is 154 Å². The van der Waals surface area contributed by atoms with E-state index in [0.717, 1.165) is 31.5 Å². The van der Waals surface area contributed by atoms with Crippen LogP contribution in [-0.2, 0) is 9.53 Å². The van der Waals surface area contributed by atoms with E-state index in [9.17, 15) is 9.59 Å². The summed E-state index contributed by atoms with van der Waals surface area (Å²) in [4.78, 5) is 47.3. The largest absolute Gasteiger partial charge is 0.373 e. The Morgan fingerprint density at radius 2 is 1.96 bits per heavy atom. The van der Waals surface area contributed by atoms with Gasteiger partial charge in [-0.1, -0.05) is 25.3 Å². The third-order valence-electron chi connectivity index (χ3n) is 9.34. The maximum Gasteiger partial charge on any atom is 0.291 e. The lowest BCUT2D eigenvalue weighted by Gasteiger charge is -2.39. The molecule has 246 valence electrons. The number of morpholine rings is 1. The van der Waals surface area contributed by atoms with Gasteiger partial charge in [0.1, 0.15) is 17.5 Å². The fourth-order valence-corrected chi connectivity index (χ4v) is 6.79. The second-order valence-corrected chi connectivity index (χ2v) is 12.7. The van der Waals surface area contributed by atoms with E-state index in [4.69, 9.17) is 15.5 Å². The molecule has 0 radical (unpaired) electrons. The number of aryl methyl sites for hydroxylation is 1. The van der Waals surface area contributed by atoms with E-state index in [0.29, 0.717) is 61.4 Å². The number of hydrogen-bond acceptors (Lipinski definition) is 9. The number of piperidine rings is 1. The summed E-state index contributed by atoms with van der Waals surface area (Å²) < 4.78 is 20.7. The Kier molecular flexibility index (Phi) is 9.78. The molecule has 2 aromatic heterocycles. The van der Waals surface area contributed by atoms with Crippen LogP contribution in [0.3, 0.4) is 0 Å². The lowest BCUT2D eigenvalue weighted by atomic mass is 9.91. The van der Waals surface area contributed by atoms with Gasteiger partial charge in [-0.2, -0.15) is 0 Å². The van der Waals surface area contributed by atoms with Crippen molar-refractivity contribution < 1.29 is 18.7 Å². The summed E-state index contributed by atoms with van der Waals surface area (Å²) in [6.07, 6.45) is 8.78. The Hall–Kier alpha value is -4.10. The predicted octanol–water partition coefficient (Wildman–Crippen LogP) is 3.78. The van der Waals surface area contributed by atoms with Crippen LogP contribution in [0.25, 0.3) is 11.4 Å². The summed E-state index contributed by atoms with van der Waals surface area (Å²) in [6, 6.07) is 6.94. The Morgan fingerprint density at radius 1 is 1.13 bits per heavy atom. The van der Waals surface area contributed by atoms with Crippen LogP contribution in [0.2, 0.25) is 0 Å². The fraction of sp³-hybridized carbons (Fsp3) is 0.545. The molecule has 1 aromatic carbocycles. The van der Waals surface area contributed by atoms with Gasteiger partial charge in [0.25, 0.3) is 5.91 Å². The highest BCUT2D eigenvalue weighted by molar-refractivity contribution is 6.04. The minimum atomic E-state index is -0.510. The number of aromatic nitrogens is 4. The number of nitrogens with zero attached hydrogens (tertiary/aromatic N) is 5. The normalized spacial score (nSPS) is 22.5. The first-order chi connectivity index (χ1) is 22.3. The first-order valence-corrected chi connectivity index (χ1v) is 16.4. The van der Waals surface area contributed by atoms with Crippen LogP contribution in [0, 0.1) is 18.7 Å². The van der Waals surface area contributed by atoms with E-state index < -0.39 is 11.7 Å². The summed E-state index contributed by atoms with van der Waals surface area (Å²) in [6.45, 7) is 6.18. The van der Waals surface area contributed by atoms with Crippen LogP contribution in [0.15, 0.2) is 30.5 Å². The maximum absolute atomic E-state index is 15.0. The number of carbonyl (C=O) groups excluding carboxylic acids is 2. The number of ether oxygens (including phenoxy) is 1.